The van der Waals surface area contributed by atoms with Crippen LogP contribution >= 0.6 is 0 Å². The third-order valence-electron chi connectivity index (χ3n) is 18.4. The summed E-state index contributed by atoms with van der Waals surface area (Å²) in [6.07, 6.45) is 70.9. The summed E-state index contributed by atoms with van der Waals surface area (Å²) in [7, 11) is 0. The Morgan fingerprint density at radius 2 is 0.733 bits per heavy atom. The van der Waals surface area contributed by atoms with Crippen molar-refractivity contribution >= 4 is 11.9 Å². The van der Waals surface area contributed by atoms with Crippen molar-refractivity contribution in [2.75, 3.05) is 19.8 Å². The third kappa shape index (κ3) is 53.1. The molecule has 11 nitrogen and oxygen atoms in total. The number of unbranched alkanes of at least 4 members (excludes halogenated alkanes) is 54. The topological polar surface area (TPSA) is 175 Å². The molecule has 0 aliphatic carbocycles. The zero-order valence-corrected chi connectivity index (χ0v) is 56.8. The van der Waals surface area contributed by atoms with Crippen LogP contribution in [0.25, 0.3) is 0 Å². The van der Waals surface area contributed by atoms with E-state index in [1.54, 1.807) is 6.08 Å². The Morgan fingerprint density at radius 3 is 1.08 bits per heavy atom. The number of nitrogens with one attached hydrogen (secondary N) is 1. The number of carbonyl (C=O) groups excluding carboxylic acids is 2. The van der Waals surface area contributed by atoms with Crippen LogP contribution in [0.3, 0.4) is 0 Å². The van der Waals surface area contributed by atoms with Gasteiger partial charge in [0, 0.05) is 12.8 Å². The van der Waals surface area contributed by atoms with E-state index in [1.807, 2.05) is 6.08 Å². The number of amides is 1. The van der Waals surface area contributed by atoms with Crippen LogP contribution in [-0.2, 0) is 23.8 Å². The van der Waals surface area contributed by atoms with Crippen molar-refractivity contribution in [2.24, 2.45) is 0 Å². The monoisotopic (exact) mass is 1220 g/mol. The molecule has 0 saturated carbocycles. The summed E-state index contributed by atoms with van der Waals surface area (Å²) in [5.41, 5.74) is 0. The normalized spacial score (nSPS) is 17.9. The molecule has 11 heteroatoms. The van der Waals surface area contributed by atoms with Crippen LogP contribution in [0.15, 0.2) is 12.2 Å². The standard InChI is InChI=1S/C75H145NO10/c1-3-5-7-9-11-13-15-43-47-51-55-59-63-71(80)84-64-60-56-52-48-44-40-38-36-34-32-30-28-26-24-22-20-18-16-17-19-21-23-25-27-29-31-33-35-37-39-42-46-50-54-58-62-70(79)76-67(66-85-75-74(83)73(82)72(81)69(65-77)86-75)68(78)61-57-53-49-45-41-14-12-10-8-6-4-2/h57,61,67-69,72-75,77-78,81-83H,3-56,58-60,62-66H2,1-2H3,(H,76,79)/b61-57+. The molecule has 1 amide bonds. The molecule has 1 fully saturated rings. The molecule has 7 atom stereocenters. The Hall–Kier alpha value is -1.60. The van der Waals surface area contributed by atoms with Crippen molar-refractivity contribution in [3.8, 4) is 0 Å². The highest BCUT2D eigenvalue weighted by atomic mass is 16.7. The fourth-order valence-corrected chi connectivity index (χ4v) is 12.4. The molecule has 1 heterocycles. The lowest BCUT2D eigenvalue weighted by Gasteiger charge is -2.40. The number of carbonyl (C=O) groups is 2. The summed E-state index contributed by atoms with van der Waals surface area (Å²) < 4.78 is 16.7. The quantitative estimate of drug-likeness (QED) is 0.0195. The number of aliphatic hydroxyl groups is 5. The molecule has 0 bridgehead atoms. The lowest BCUT2D eigenvalue weighted by Crippen LogP contribution is -2.60. The molecule has 0 aromatic rings. The molecule has 510 valence electrons. The molecule has 1 aliphatic heterocycles. The first-order valence-corrected chi connectivity index (χ1v) is 38.0. The number of hydrogen-bond acceptors (Lipinski definition) is 10. The van der Waals surface area contributed by atoms with Gasteiger partial charge < -0.3 is 45.1 Å². The van der Waals surface area contributed by atoms with Crippen molar-refractivity contribution in [3.63, 3.8) is 0 Å². The van der Waals surface area contributed by atoms with Crippen LogP contribution < -0.4 is 5.32 Å². The van der Waals surface area contributed by atoms with E-state index < -0.39 is 49.5 Å². The Balaban J connectivity index is 1.88. The van der Waals surface area contributed by atoms with Crippen molar-refractivity contribution < 1.29 is 49.3 Å². The van der Waals surface area contributed by atoms with E-state index in [2.05, 4.69) is 19.2 Å². The Kier molecular flexibility index (Phi) is 62.2. The average molecular weight is 1220 g/mol. The molecule has 0 radical (unpaired) electrons. The van der Waals surface area contributed by atoms with Crippen molar-refractivity contribution in [3.05, 3.63) is 12.2 Å². The fourth-order valence-electron chi connectivity index (χ4n) is 12.4. The lowest BCUT2D eigenvalue weighted by molar-refractivity contribution is -0.302. The second kappa shape index (κ2) is 64.9. The van der Waals surface area contributed by atoms with Gasteiger partial charge in [0.2, 0.25) is 5.91 Å². The molecular formula is C75H145NO10. The van der Waals surface area contributed by atoms with Crippen LogP contribution in [0.2, 0.25) is 0 Å². The number of esters is 1. The number of rotatable bonds is 68. The van der Waals surface area contributed by atoms with E-state index in [0.717, 1.165) is 51.4 Å². The SMILES string of the molecule is CCCCCCCCCCC/C=C/C(O)C(COC1OC(CO)C(O)C(O)C1O)NC(=O)CCCCCCCCCCCCCCCCCCCCCCCCCCCCCCCCCCCCCOC(=O)CCCCCCCCCCCCCC. The van der Waals surface area contributed by atoms with Gasteiger partial charge in [0.05, 0.1) is 32.0 Å². The van der Waals surface area contributed by atoms with Crippen LogP contribution in [0.1, 0.15) is 393 Å². The van der Waals surface area contributed by atoms with E-state index in [0.29, 0.717) is 19.4 Å². The minimum atomic E-state index is -1.57. The second-order valence-corrected chi connectivity index (χ2v) is 26.7. The number of allylic oxidation sites excluding steroid dienone is 1. The van der Waals surface area contributed by atoms with Crippen molar-refractivity contribution in [1.82, 2.24) is 5.32 Å². The zero-order valence-electron chi connectivity index (χ0n) is 56.8. The van der Waals surface area contributed by atoms with E-state index in [4.69, 9.17) is 14.2 Å². The zero-order chi connectivity index (χ0) is 62.3. The molecule has 1 aliphatic rings. The smallest absolute Gasteiger partial charge is 0.305 e. The predicted octanol–water partition coefficient (Wildman–Crippen LogP) is 19.8. The van der Waals surface area contributed by atoms with Crippen LogP contribution in [0.4, 0.5) is 0 Å². The molecule has 0 aromatic carbocycles. The average Bonchev–Trinajstić information content (AvgIpc) is 3.71. The first kappa shape index (κ1) is 82.4. The molecule has 86 heavy (non-hydrogen) atoms. The number of ether oxygens (including phenoxy) is 3. The van der Waals surface area contributed by atoms with Gasteiger partial charge in [-0.15, -0.1) is 0 Å². The Morgan fingerprint density at radius 1 is 0.419 bits per heavy atom. The highest BCUT2D eigenvalue weighted by Gasteiger charge is 2.44. The number of aliphatic hydroxyl groups excluding tert-OH is 5. The maximum atomic E-state index is 13.1. The first-order chi connectivity index (χ1) is 42.2. The van der Waals surface area contributed by atoms with Crippen molar-refractivity contribution in [2.45, 2.75) is 436 Å². The molecule has 6 N–H and O–H groups in total. The second-order valence-electron chi connectivity index (χ2n) is 26.7. The minimum absolute atomic E-state index is 0.0175. The summed E-state index contributed by atoms with van der Waals surface area (Å²) in [6.45, 7) is 4.39. The van der Waals surface area contributed by atoms with Crippen LogP contribution in [0.5, 0.6) is 0 Å². The van der Waals surface area contributed by atoms with Gasteiger partial charge in [0.25, 0.3) is 0 Å². The highest BCUT2D eigenvalue weighted by molar-refractivity contribution is 5.76. The van der Waals surface area contributed by atoms with Gasteiger partial charge in [0.1, 0.15) is 24.4 Å². The molecule has 1 rings (SSSR count). The van der Waals surface area contributed by atoms with E-state index in [1.165, 1.54) is 315 Å². The van der Waals surface area contributed by atoms with Gasteiger partial charge in [-0.1, -0.05) is 360 Å². The molecule has 7 unspecified atom stereocenters. The van der Waals surface area contributed by atoms with Gasteiger partial charge in [-0.2, -0.15) is 0 Å². The molecular weight excluding hydrogens is 1070 g/mol. The van der Waals surface area contributed by atoms with E-state index >= 15 is 0 Å². The Labute approximate surface area is 531 Å². The van der Waals surface area contributed by atoms with E-state index in [-0.39, 0.29) is 18.5 Å². The largest absolute Gasteiger partial charge is 0.466 e. The fraction of sp³-hybridized carbons (Fsp3) is 0.947. The minimum Gasteiger partial charge on any atom is -0.466 e. The molecule has 0 aromatic heterocycles. The molecule has 0 spiro atoms. The highest BCUT2D eigenvalue weighted by Crippen LogP contribution is 2.24. The van der Waals surface area contributed by atoms with Crippen LogP contribution in [-0.4, -0.2) is 100 Å². The maximum absolute atomic E-state index is 13.1. The summed E-state index contributed by atoms with van der Waals surface area (Å²) in [5, 5.41) is 54.5. The maximum Gasteiger partial charge on any atom is 0.305 e. The van der Waals surface area contributed by atoms with Gasteiger partial charge >= 0.3 is 5.97 Å². The van der Waals surface area contributed by atoms with Gasteiger partial charge in [0.15, 0.2) is 6.29 Å². The van der Waals surface area contributed by atoms with Crippen molar-refractivity contribution in [1.29, 1.82) is 0 Å². The summed E-state index contributed by atoms with van der Waals surface area (Å²) >= 11 is 0. The van der Waals surface area contributed by atoms with Gasteiger partial charge in [-0.05, 0) is 32.1 Å². The van der Waals surface area contributed by atoms with Gasteiger partial charge in [-0.3, -0.25) is 9.59 Å². The summed E-state index contributed by atoms with van der Waals surface area (Å²) in [6, 6.07) is -0.804. The van der Waals surface area contributed by atoms with Crippen LogP contribution in [0, 0.1) is 0 Å². The Bertz CT molecular complexity index is 1430. The van der Waals surface area contributed by atoms with E-state index in [9.17, 15) is 35.1 Å². The predicted molar refractivity (Wildman–Crippen MR) is 362 cm³/mol. The molecule has 1 saturated heterocycles. The summed E-state index contributed by atoms with van der Waals surface area (Å²) in [4.78, 5) is 25.1. The first-order valence-electron chi connectivity index (χ1n) is 38.0. The third-order valence-corrected chi connectivity index (χ3v) is 18.4. The summed E-state index contributed by atoms with van der Waals surface area (Å²) in [5.74, 6) is -0.157. The lowest BCUT2D eigenvalue weighted by atomic mass is 9.99. The van der Waals surface area contributed by atoms with Gasteiger partial charge in [-0.25, -0.2) is 0 Å². The number of hydrogen-bond donors (Lipinski definition) is 6.